The van der Waals surface area contributed by atoms with Crippen LogP contribution < -0.4 is 0 Å². The van der Waals surface area contributed by atoms with Gasteiger partial charge in [-0.2, -0.15) is 5.10 Å². The highest BCUT2D eigenvalue weighted by molar-refractivity contribution is 7.88. The van der Waals surface area contributed by atoms with Gasteiger partial charge in [0.15, 0.2) is 0 Å². The van der Waals surface area contributed by atoms with Crippen LogP contribution in [0.1, 0.15) is 44.3 Å². The lowest BCUT2D eigenvalue weighted by molar-refractivity contribution is 0.314. The predicted molar refractivity (Wildman–Crippen MR) is 92.0 cm³/mol. The largest absolute Gasteiger partial charge is 0.270 e. The quantitative estimate of drug-likeness (QED) is 0.844. The normalized spacial score (nSPS) is 19.8. The van der Waals surface area contributed by atoms with E-state index in [1.165, 1.54) is 10.6 Å². The highest BCUT2D eigenvalue weighted by Gasteiger charge is 2.28. The third kappa shape index (κ3) is 3.64. The van der Waals surface area contributed by atoms with E-state index < -0.39 is 10.0 Å². The van der Waals surface area contributed by atoms with E-state index in [4.69, 9.17) is 4.98 Å². The molecule has 2 aromatic heterocycles. The molecule has 1 atom stereocenters. The van der Waals surface area contributed by atoms with E-state index in [0.29, 0.717) is 13.1 Å². The molecule has 1 saturated heterocycles. The SMILES string of the molecule is CC(C)n1cc(-c2cncc(C3CCCN(S(C)(=O)=O)C3)n2)cn1. The molecular weight excluding hydrogens is 326 g/mol. The third-order valence-corrected chi connectivity index (χ3v) is 5.62. The number of rotatable bonds is 4. The molecule has 1 aliphatic rings. The topological polar surface area (TPSA) is 81.0 Å². The van der Waals surface area contributed by atoms with Crippen LogP contribution >= 0.6 is 0 Å². The van der Waals surface area contributed by atoms with Gasteiger partial charge in [-0.05, 0) is 26.7 Å². The molecule has 3 rings (SSSR count). The van der Waals surface area contributed by atoms with Crippen LogP contribution in [0, 0.1) is 0 Å². The molecule has 3 heterocycles. The highest BCUT2D eigenvalue weighted by Crippen LogP contribution is 2.28. The Kier molecular flexibility index (Phi) is 4.69. The summed E-state index contributed by atoms with van der Waals surface area (Å²) in [4.78, 5) is 9.03. The summed E-state index contributed by atoms with van der Waals surface area (Å²) in [5.41, 5.74) is 2.54. The number of hydrogen-bond acceptors (Lipinski definition) is 5. The molecule has 0 aromatic carbocycles. The molecule has 2 aromatic rings. The molecule has 0 N–H and O–H groups in total. The van der Waals surface area contributed by atoms with Crippen LogP contribution in [0.3, 0.4) is 0 Å². The van der Waals surface area contributed by atoms with Crippen molar-refractivity contribution in [2.75, 3.05) is 19.3 Å². The van der Waals surface area contributed by atoms with Crippen molar-refractivity contribution in [1.29, 1.82) is 0 Å². The van der Waals surface area contributed by atoms with Crippen molar-refractivity contribution in [2.45, 2.75) is 38.6 Å². The van der Waals surface area contributed by atoms with Crippen LogP contribution in [-0.2, 0) is 10.0 Å². The van der Waals surface area contributed by atoms with Crippen molar-refractivity contribution in [2.24, 2.45) is 0 Å². The fraction of sp³-hybridized carbons (Fsp3) is 0.562. The molecule has 0 spiro atoms. The smallest absolute Gasteiger partial charge is 0.211 e. The van der Waals surface area contributed by atoms with Gasteiger partial charge in [0.05, 0.1) is 30.0 Å². The number of aromatic nitrogens is 4. The van der Waals surface area contributed by atoms with Gasteiger partial charge in [-0.3, -0.25) is 9.67 Å². The maximum Gasteiger partial charge on any atom is 0.211 e. The van der Waals surface area contributed by atoms with Crippen molar-refractivity contribution in [3.8, 4) is 11.3 Å². The van der Waals surface area contributed by atoms with Crippen molar-refractivity contribution in [3.05, 3.63) is 30.5 Å². The second-order valence-corrected chi connectivity index (χ2v) is 8.57. The first kappa shape index (κ1) is 17.0. The van der Waals surface area contributed by atoms with Crippen LogP contribution in [0.5, 0.6) is 0 Å². The van der Waals surface area contributed by atoms with E-state index in [9.17, 15) is 8.42 Å². The van der Waals surface area contributed by atoms with E-state index >= 15 is 0 Å². The number of piperidine rings is 1. The summed E-state index contributed by atoms with van der Waals surface area (Å²) in [6, 6.07) is 0.288. The Bertz CT molecular complexity index is 815. The third-order valence-electron chi connectivity index (χ3n) is 4.35. The zero-order valence-corrected chi connectivity index (χ0v) is 15.1. The Labute approximate surface area is 142 Å². The summed E-state index contributed by atoms with van der Waals surface area (Å²) in [5, 5.41) is 4.34. The van der Waals surface area contributed by atoms with Gasteiger partial charge in [-0.1, -0.05) is 0 Å². The zero-order valence-electron chi connectivity index (χ0n) is 14.3. The van der Waals surface area contributed by atoms with Gasteiger partial charge in [0.25, 0.3) is 0 Å². The van der Waals surface area contributed by atoms with Gasteiger partial charge in [-0.15, -0.1) is 0 Å². The van der Waals surface area contributed by atoms with E-state index in [0.717, 1.165) is 29.8 Å². The second-order valence-electron chi connectivity index (χ2n) is 6.59. The van der Waals surface area contributed by atoms with Crippen molar-refractivity contribution in [3.63, 3.8) is 0 Å². The van der Waals surface area contributed by atoms with E-state index in [1.54, 1.807) is 18.6 Å². The predicted octanol–water partition coefficient (Wildman–Crippen LogP) is 2.06. The van der Waals surface area contributed by atoms with Gasteiger partial charge in [0, 0.05) is 43.0 Å². The first-order valence-corrected chi connectivity index (χ1v) is 10.0. The van der Waals surface area contributed by atoms with Crippen LogP contribution in [0.2, 0.25) is 0 Å². The monoisotopic (exact) mass is 349 g/mol. The summed E-state index contributed by atoms with van der Waals surface area (Å²) >= 11 is 0. The molecule has 24 heavy (non-hydrogen) atoms. The minimum absolute atomic E-state index is 0.0843. The van der Waals surface area contributed by atoms with E-state index in [2.05, 4.69) is 23.9 Å². The Balaban J connectivity index is 1.84. The van der Waals surface area contributed by atoms with Crippen molar-refractivity contribution >= 4 is 10.0 Å². The van der Waals surface area contributed by atoms with E-state index in [-0.39, 0.29) is 12.0 Å². The standard InChI is InChI=1S/C16H23N5O2S/c1-12(2)21-11-14(7-18-21)16-9-17-8-15(19-16)13-5-4-6-20(10-13)24(3,22)23/h7-9,11-13H,4-6,10H2,1-3H3. The Morgan fingerprint density at radius 3 is 2.71 bits per heavy atom. The fourth-order valence-corrected chi connectivity index (χ4v) is 3.87. The molecule has 0 amide bonds. The zero-order chi connectivity index (χ0) is 17.3. The minimum Gasteiger partial charge on any atom is -0.270 e. The average molecular weight is 349 g/mol. The molecule has 8 heteroatoms. The van der Waals surface area contributed by atoms with Crippen LogP contribution in [-0.4, -0.2) is 51.8 Å². The molecule has 1 fully saturated rings. The van der Waals surface area contributed by atoms with Gasteiger partial charge >= 0.3 is 0 Å². The molecule has 7 nitrogen and oxygen atoms in total. The summed E-state index contributed by atoms with van der Waals surface area (Å²) in [6.45, 7) is 5.20. The molecule has 0 saturated carbocycles. The van der Waals surface area contributed by atoms with Crippen LogP contribution in [0.4, 0.5) is 0 Å². The van der Waals surface area contributed by atoms with Crippen molar-refractivity contribution in [1.82, 2.24) is 24.1 Å². The second kappa shape index (κ2) is 6.60. The van der Waals surface area contributed by atoms with Crippen LogP contribution in [0.25, 0.3) is 11.3 Å². The molecular formula is C16H23N5O2S. The molecule has 0 bridgehead atoms. The summed E-state index contributed by atoms with van der Waals surface area (Å²) in [6.07, 6.45) is 10.2. The summed E-state index contributed by atoms with van der Waals surface area (Å²) in [5.74, 6) is 0.0843. The highest BCUT2D eigenvalue weighted by atomic mass is 32.2. The molecule has 0 radical (unpaired) electrons. The van der Waals surface area contributed by atoms with Gasteiger partial charge in [0.1, 0.15) is 0 Å². The Morgan fingerprint density at radius 1 is 1.25 bits per heavy atom. The lowest BCUT2D eigenvalue weighted by Crippen LogP contribution is -2.38. The maximum atomic E-state index is 11.8. The van der Waals surface area contributed by atoms with Gasteiger partial charge < -0.3 is 0 Å². The number of sulfonamides is 1. The Morgan fingerprint density at radius 2 is 2.04 bits per heavy atom. The molecule has 0 aliphatic carbocycles. The number of nitrogens with zero attached hydrogens (tertiary/aromatic N) is 5. The lowest BCUT2D eigenvalue weighted by Gasteiger charge is -2.30. The first-order chi connectivity index (χ1) is 11.3. The number of hydrogen-bond donors (Lipinski definition) is 0. The van der Waals surface area contributed by atoms with Crippen LogP contribution in [0.15, 0.2) is 24.8 Å². The van der Waals surface area contributed by atoms with Crippen molar-refractivity contribution < 1.29 is 8.42 Å². The average Bonchev–Trinajstić information content (AvgIpc) is 3.05. The van der Waals surface area contributed by atoms with Gasteiger partial charge in [-0.25, -0.2) is 17.7 Å². The summed E-state index contributed by atoms with van der Waals surface area (Å²) in [7, 11) is -3.16. The first-order valence-electron chi connectivity index (χ1n) is 8.16. The Hall–Kier alpha value is -1.80. The van der Waals surface area contributed by atoms with E-state index in [1.807, 2.05) is 10.9 Å². The molecule has 1 unspecified atom stereocenters. The fourth-order valence-electron chi connectivity index (χ4n) is 2.95. The lowest BCUT2D eigenvalue weighted by atomic mass is 9.96. The molecule has 130 valence electrons. The maximum absolute atomic E-state index is 11.8. The summed E-state index contributed by atoms with van der Waals surface area (Å²) < 4.78 is 27.0. The minimum atomic E-state index is -3.16. The molecule has 1 aliphatic heterocycles. The van der Waals surface area contributed by atoms with Gasteiger partial charge in [0.2, 0.25) is 10.0 Å².